The maximum atomic E-state index is 5.86. The maximum absolute atomic E-state index is 5.86. The highest BCUT2D eigenvalue weighted by atomic mass is 35.5. The fourth-order valence-corrected chi connectivity index (χ4v) is 3.14. The van der Waals surface area contributed by atoms with Crippen LogP contribution in [0.1, 0.15) is 33.1 Å². The van der Waals surface area contributed by atoms with E-state index in [2.05, 4.69) is 28.8 Å². The molecule has 86 valence electrons. The zero-order valence-electron chi connectivity index (χ0n) is 8.89. The van der Waals surface area contributed by atoms with Crippen molar-refractivity contribution in [1.29, 1.82) is 0 Å². The predicted molar refractivity (Wildman–Crippen MR) is 69.0 cm³/mol. The van der Waals surface area contributed by atoms with Crippen LogP contribution >= 0.6 is 34.0 Å². The molecule has 0 aliphatic carbocycles. The molecule has 0 saturated carbocycles. The molecule has 15 heavy (non-hydrogen) atoms. The van der Waals surface area contributed by atoms with Crippen molar-refractivity contribution in [3.63, 3.8) is 0 Å². The molecule has 1 rings (SSSR count). The molecule has 0 amide bonds. The fraction of sp³-hybridized carbons (Fsp3) is 0.556. The third-order valence-electron chi connectivity index (χ3n) is 1.87. The van der Waals surface area contributed by atoms with Crippen LogP contribution < -0.4 is 0 Å². The minimum atomic E-state index is -0.213. The summed E-state index contributed by atoms with van der Waals surface area (Å²) in [6, 6.07) is 0. The molecule has 0 spiro atoms. The summed E-state index contributed by atoms with van der Waals surface area (Å²) >= 11 is 11.6. The van der Waals surface area contributed by atoms with Gasteiger partial charge < -0.3 is 0 Å². The predicted octanol–water partition coefficient (Wildman–Crippen LogP) is 4.72. The Morgan fingerprint density at radius 2 is 2.40 bits per heavy atom. The quantitative estimate of drug-likeness (QED) is 0.742. The molecule has 6 heteroatoms. The molecule has 0 aromatic carbocycles. The molecular weight excluding hydrogens is 253 g/mol. The molecule has 1 atom stereocenters. The highest BCUT2D eigenvalue weighted by molar-refractivity contribution is 7.35. The number of allylic oxidation sites excluding steroid dienone is 1. The van der Waals surface area contributed by atoms with Crippen LogP contribution in [-0.2, 0) is 0 Å². The van der Waals surface area contributed by atoms with E-state index in [1.165, 1.54) is 22.7 Å². The average molecular weight is 269 g/mol. The highest BCUT2D eigenvalue weighted by Crippen LogP contribution is 2.22. The lowest BCUT2D eigenvalue weighted by Gasteiger charge is -1.97. The minimum Gasteiger partial charge on any atom is -0.250 e. The molecule has 3 nitrogen and oxygen atoms in total. The van der Waals surface area contributed by atoms with Crippen molar-refractivity contribution < 1.29 is 0 Å². The fourth-order valence-electron chi connectivity index (χ4n) is 1.16. The first kappa shape index (κ1) is 12.7. The molecule has 0 aliphatic rings. The van der Waals surface area contributed by atoms with Crippen LogP contribution in [0.3, 0.4) is 0 Å². The lowest BCUT2D eigenvalue weighted by Crippen LogP contribution is -1.94. The van der Waals surface area contributed by atoms with Gasteiger partial charge >= 0.3 is 0 Å². The Labute approximate surface area is 103 Å². The minimum absolute atomic E-state index is 0.213. The molecule has 0 radical (unpaired) electrons. The maximum Gasteiger partial charge on any atom is 0.203 e. The molecular formula is C9H16Cl2N3S+. The van der Waals surface area contributed by atoms with E-state index in [1.807, 2.05) is 5.38 Å². The lowest BCUT2D eigenvalue weighted by molar-refractivity contribution is 0.791. The van der Waals surface area contributed by atoms with Gasteiger partial charge in [0.1, 0.15) is 10.7 Å². The zero-order chi connectivity index (χ0) is 11.3. The van der Waals surface area contributed by atoms with Crippen LogP contribution in [0, 0.1) is 0 Å². The largest absolute Gasteiger partial charge is 0.250 e. The smallest absolute Gasteiger partial charge is 0.203 e. The number of aromatic amines is 2. The molecule has 1 unspecified atom stereocenters. The van der Waals surface area contributed by atoms with Gasteiger partial charge in [0.05, 0.1) is 11.8 Å². The number of halogens is 2. The van der Waals surface area contributed by atoms with Gasteiger partial charge in [0.15, 0.2) is 10.6 Å². The summed E-state index contributed by atoms with van der Waals surface area (Å²) in [6.45, 7) is 4.32. The molecule has 0 aliphatic heterocycles. The molecule has 1 aromatic rings. The van der Waals surface area contributed by atoms with Gasteiger partial charge in [-0.1, -0.05) is 33.7 Å². The SMILES string of the molecule is CCCC/C(C)=C/[s+]1cc(Cl)[nH]n(Cl)[nH]1. The molecule has 1 aromatic heterocycles. The van der Waals surface area contributed by atoms with E-state index in [0.29, 0.717) is 5.15 Å². The summed E-state index contributed by atoms with van der Waals surface area (Å²) in [5.41, 5.74) is 1.36. The highest BCUT2D eigenvalue weighted by Gasteiger charge is 2.03. The third kappa shape index (κ3) is 4.82. The molecule has 2 N–H and O–H groups in total. The standard InChI is InChI=1S/C9H16Cl2N3S/c1-3-4-5-8(2)6-15-7-9(10)12-14(11)13-15/h6-7,12-13H,3-5H2,1-2H3/q+1/b8-6+. The van der Waals surface area contributed by atoms with Crippen LogP contribution in [-0.4, -0.2) is 13.9 Å². The first-order chi connectivity index (χ1) is 7.11. The lowest BCUT2D eigenvalue weighted by atomic mass is 10.2. The Balaban J connectivity index is 2.78. The first-order valence-electron chi connectivity index (χ1n) is 4.87. The second-order valence-corrected chi connectivity index (χ2v) is 5.53. The number of unbranched alkanes of at least 4 members (excludes halogenated alkanes) is 1. The normalized spacial score (nSPS) is 13.1. The van der Waals surface area contributed by atoms with Crippen LogP contribution in [0.5, 0.6) is 0 Å². The number of hydrogen-bond donors (Lipinski definition) is 2. The van der Waals surface area contributed by atoms with Crippen LogP contribution in [0.2, 0.25) is 5.15 Å². The zero-order valence-corrected chi connectivity index (χ0v) is 11.2. The van der Waals surface area contributed by atoms with E-state index >= 15 is 0 Å². The summed E-state index contributed by atoms with van der Waals surface area (Å²) in [6.07, 6.45) is 3.56. The summed E-state index contributed by atoms with van der Waals surface area (Å²) in [5.74, 6) is 0. The van der Waals surface area contributed by atoms with Crippen molar-refractivity contribution in [2.45, 2.75) is 33.1 Å². The van der Waals surface area contributed by atoms with E-state index in [9.17, 15) is 0 Å². The van der Waals surface area contributed by atoms with E-state index in [1.54, 1.807) is 0 Å². The average Bonchev–Trinajstić information content (AvgIpc) is 2.13. The van der Waals surface area contributed by atoms with E-state index in [4.69, 9.17) is 23.4 Å². The second-order valence-electron chi connectivity index (χ2n) is 3.39. The van der Waals surface area contributed by atoms with Crippen LogP contribution in [0.25, 0.3) is 5.41 Å². The Bertz CT molecular complexity index is 348. The molecule has 1 heterocycles. The number of hydrogen-bond acceptors (Lipinski definition) is 0. The Hall–Kier alpha value is -0.320. The topological polar surface area (TPSA) is 36.5 Å². The van der Waals surface area contributed by atoms with E-state index in [0.717, 1.165) is 6.42 Å². The Morgan fingerprint density at radius 3 is 3.00 bits per heavy atom. The Kier molecular flexibility index (Phi) is 5.36. The van der Waals surface area contributed by atoms with Gasteiger partial charge in [-0.2, -0.15) is 0 Å². The summed E-state index contributed by atoms with van der Waals surface area (Å²) in [4.78, 5) is 0. The number of rotatable bonds is 4. The van der Waals surface area contributed by atoms with Gasteiger partial charge in [-0.05, 0) is 25.3 Å². The van der Waals surface area contributed by atoms with Crippen molar-refractivity contribution in [1.82, 2.24) is 13.9 Å². The summed E-state index contributed by atoms with van der Waals surface area (Å²) in [5, 5.41) is 7.34. The summed E-state index contributed by atoms with van der Waals surface area (Å²) < 4.78 is 4.29. The van der Waals surface area contributed by atoms with Crippen molar-refractivity contribution in [3.05, 3.63) is 16.1 Å². The molecule has 0 fully saturated rings. The van der Waals surface area contributed by atoms with Gasteiger partial charge in [0.2, 0.25) is 5.38 Å². The van der Waals surface area contributed by atoms with Gasteiger partial charge in [-0.15, -0.1) is 0 Å². The van der Waals surface area contributed by atoms with Gasteiger partial charge in [-0.25, -0.2) is 0 Å². The van der Waals surface area contributed by atoms with Crippen LogP contribution in [0.4, 0.5) is 0 Å². The van der Waals surface area contributed by atoms with Crippen molar-refractivity contribution >= 4 is 39.5 Å². The van der Waals surface area contributed by atoms with Gasteiger partial charge in [0.25, 0.3) is 0 Å². The third-order valence-corrected chi connectivity index (χ3v) is 4.01. The monoisotopic (exact) mass is 268 g/mol. The van der Waals surface area contributed by atoms with E-state index < -0.39 is 0 Å². The number of aromatic nitrogens is 3. The van der Waals surface area contributed by atoms with Gasteiger partial charge in [0, 0.05) is 0 Å². The first-order valence-corrected chi connectivity index (χ1v) is 6.94. The molecule has 0 saturated heterocycles. The second kappa shape index (κ2) is 6.30. The number of nitrogens with zero attached hydrogens (tertiary/aromatic N) is 1. The van der Waals surface area contributed by atoms with Crippen molar-refractivity contribution in [2.75, 3.05) is 0 Å². The van der Waals surface area contributed by atoms with Crippen LogP contribution in [0.15, 0.2) is 11.0 Å². The van der Waals surface area contributed by atoms with Crippen molar-refractivity contribution in [2.24, 2.45) is 0 Å². The number of H-pyrrole nitrogens is 2. The van der Waals surface area contributed by atoms with Gasteiger partial charge in [-0.3, -0.25) is 5.10 Å². The number of nitrogens with one attached hydrogen (secondary N) is 2. The Morgan fingerprint density at radius 1 is 1.67 bits per heavy atom. The van der Waals surface area contributed by atoms with Crippen molar-refractivity contribution in [3.8, 4) is 0 Å². The summed E-state index contributed by atoms with van der Waals surface area (Å²) in [7, 11) is -0.213. The molecule has 0 bridgehead atoms. The van der Waals surface area contributed by atoms with E-state index in [-0.39, 0.29) is 10.7 Å².